The van der Waals surface area contributed by atoms with Gasteiger partial charge in [0.05, 0.1) is 19.4 Å². The Hall–Kier alpha value is -2.33. The van der Waals surface area contributed by atoms with Crippen molar-refractivity contribution >= 4 is 18.4 Å². The van der Waals surface area contributed by atoms with Gasteiger partial charge in [-0.25, -0.2) is 0 Å². The van der Waals surface area contributed by atoms with Crippen LogP contribution in [0.5, 0.6) is 11.5 Å². The molecule has 0 amide bonds. The fraction of sp³-hybridized carbons (Fsp3) is 0.200. The van der Waals surface area contributed by atoms with E-state index in [9.17, 15) is 9.46 Å². The number of hydrogen-bond donors (Lipinski definition) is 1. The quantitative estimate of drug-likeness (QED) is 0.443. The summed E-state index contributed by atoms with van der Waals surface area (Å²) in [6.07, 6.45) is -0.0818. The lowest BCUT2D eigenvalue weighted by Gasteiger charge is -2.14. The van der Waals surface area contributed by atoms with Crippen LogP contribution in [0.2, 0.25) is 0 Å². The molecule has 0 radical (unpaired) electrons. The van der Waals surface area contributed by atoms with Crippen LogP contribution in [-0.4, -0.2) is 30.9 Å². The van der Waals surface area contributed by atoms with Gasteiger partial charge in [0.2, 0.25) is 0 Å². The Bertz CT molecular complexity index is 876. The first-order chi connectivity index (χ1) is 12.6. The van der Waals surface area contributed by atoms with Crippen LogP contribution in [0.1, 0.15) is 0 Å². The molecule has 0 aliphatic rings. The van der Waals surface area contributed by atoms with E-state index in [-0.39, 0.29) is 26.0 Å². The number of benzene rings is 3. The van der Waals surface area contributed by atoms with Crippen LogP contribution in [0.25, 0.3) is 10.8 Å². The summed E-state index contributed by atoms with van der Waals surface area (Å²) in [6, 6.07) is 22.8. The summed E-state index contributed by atoms with van der Waals surface area (Å²) in [7, 11) is -3.72. The van der Waals surface area contributed by atoms with Gasteiger partial charge in [0.15, 0.2) is 0 Å². The van der Waals surface area contributed by atoms with Gasteiger partial charge in [0.1, 0.15) is 18.1 Å². The molecule has 0 saturated carbocycles. The lowest BCUT2D eigenvalue weighted by Crippen LogP contribution is -2.10. The van der Waals surface area contributed by atoms with Crippen LogP contribution in [0.15, 0.2) is 72.8 Å². The second-order valence-electron chi connectivity index (χ2n) is 5.68. The molecule has 3 aromatic carbocycles. The highest BCUT2D eigenvalue weighted by atomic mass is 31.2. The van der Waals surface area contributed by atoms with Crippen LogP contribution in [0, 0.1) is 0 Å². The maximum atomic E-state index is 12.1. The van der Waals surface area contributed by atoms with Crippen LogP contribution in [0.3, 0.4) is 0 Å². The van der Waals surface area contributed by atoms with Gasteiger partial charge in [-0.1, -0.05) is 54.6 Å². The third-order valence-electron chi connectivity index (χ3n) is 3.77. The van der Waals surface area contributed by atoms with Crippen molar-refractivity contribution in [2.75, 3.05) is 26.0 Å². The topological polar surface area (TPSA) is 65.0 Å². The van der Waals surface area contributed by atoms with Crippen molar-refractivity contribution in [3.8, 4) is 11.5 Å². The summed E-state index contributed by atoms with van der Waals surface area (Å²) in [5, 5.41) is 2.03. The normalized spacial score (nSPS) is 13.3. The molecule has 0 fully saturated rings. The molecule has 1 unspecified atom stereocenters. The fourth-order valence-electron chi connectivity index (χ4n) is 2.51. The SMILES string of the molecule is O=P(O)(CCOc1cccc2ccccc12)OCCOc1ccccc1. The summed E-state index contributed by atoms with van der Waals surface area (Å²) in [5.74, 6) is 1.39. The first-order valence-corrected chi connectivity index (χ1v) is 10.2. The lowest BCUT2D eigenvalue weighted by atomic mass is 10.1. The molecule has 0 bridgehead atoms. The minimum absolute atomic E-state index is 0.0386. The highest BCUT2D eigenvalue weighted by Crippen LogP contribution is 2.41. The summed E-state index contributed by atoms with van der Waals surface area (Å²) >= 11 is 0. The molecule has 136 valence electrons. The minimum Gasteiger partial charge on any atom is -0.492 e. The minimum atomic E-state index is -3.72. The van der Waals surface area contributed by atoms with Crippen LogP contribution in [-0.2, 0) is 9.09 Å². The van der Waals surface area contributed by atoms with E-state index >= 15 is 0 Å². The van der Waals surface area contributed by atoms with E-state index in [1.54, 1.807) is 0 Å². The maximum Gasteiger partial charge on any atom is 0.331 e. The highest BCUT2D eigenvalue weighted by molar-refractivity contribution is 7.52. The van der Waals surface area contributed by atoms with E-state index < -0.39 is 7.60 Å². The van der Waals surface area contributed by atoms with Gasteiger partial charge in [-0.3, -0.25) is 4.57 Å². The monoisotopic (exact) mass is 372 g/mol. The first-order valence-electron chi connectivity index (χ1n) is 8.39. The average Bonchev–Trinajstić information content (AvgIpc) is 2.66. The van der Waals surface area contributed by atoms with Crippen molar-refractivity contribution < 1.29 is 23.5 Å². The molecule has 3 aromatic rings. The van der Waals surface area contributed by atoms with Gasteiger partial charge in [-0.15, -0.1) is 0 Å². The summed E-state index contributed by atoms with van der Waals surface area (Å²) in [6.45, 7) is 0.344. The third-order valence-corrected chi connectivity index (χ3v) is 5.10. The lowest BCUT2D eigenvalue weighted by molar-refractivity contribution is 0.193. The summed E-state index contributed by atoms with van der Waals surface area (Å²) < 4.78 is 28.3. The molecule has 0 heterocycles. The molecule has 3 rings (SSSR count). The van der Waals surface area contributed by atoms with E-state index in [4.69, 9.17) is 14.0 Å². The third kappa shape index (κ3) is 5.33. The predicted molar refractivity (Wildman–Crippen MR) is 102 cm³/mol. The molecule has 1 N–H and O–H groups in total. The molecular weight excluding hydrogens is 351 g/mol. The molecule has 0 saturated heterocycles. The van der Waals surface area contributed by atoms with E-state index in [1.807, 2.05) is 72.8 Å². The molecular formula is C20H21O5P. The predicted octanol–water partition coefficient (Wildman–Crippen LogP) is 4.50. The van der Waals surface area contributed by atoms with E-state index in [2.05, 4.69) is 0 Å². The number of fused-ring (bicyclic) bond motifs is 1. The van der Waals surface area contributed by atoms with Crippen molar-refractivity contribution in [2.45, 2.75) is 0 Å². The molecule has 0 spiro atoms. The van der Waals surface area contributed by atoms with Gasteiger partial charge in [0, 0.05) is 5.39 Å². The average molecular weight is 372 g/mol. The number of ether oxygens (including phenoxy) is 2. The second-order valence-corrected chi connectivity index (χ2v) is 7.66. The zero-order valence-corrected chi connectivity index (χ0v) is 15.2. The molecule has 0 aromatic heterocycles. The molecule has 0 aliphatic heterocycles. The van der Waals surface area contributed by atoms with Crippen molar-refractivity contribution in [3.63, 3.8) is 0 Å². The number of rotatable bonds is 9. The van der Waals surface area contributed by atoms with Gasteiger partial charge in [0.25, 0.3) is 0 Å². The van der Waals surface area contributed by atoms with Crippen molar-refractivity contribution in [2.24, 2.45) is 0 Å². The van der Waals surface area contributed by atoms with Crippen molar-refractivity contribution in [1.29, 1.82) is 0 Å². The van der Waals surface area contributed by atoms with Crippen molar-refractivity contribution in [1.82, 2.24) is 0 Å². The summed E-state index contributed by atoms with van der Waals surface area (Å²) in [4.78, 5) is 9.90. The zero-order chi connectivity index (χ0) is 18.2. The van der Waals surface area contributed by atoms with Gasteiger partial charge < -0.3 is 18.9 Å². The molecule has 6 heteroatoms. The highest BCUT2D eigenvalue weighted by Gasteiger charge is 2.19. The van der Waals surface area contributed by atoms with Gasteiger partial charge >= 0.3 is 7.60 Å². The Labute approximate surface area is 152 Å². The molecule has 0 aliphatic carbocycles. The number of hydrogen-bond acceptors (Lipinski definition) is 4. The Morgan fingerprint density at radius 3 is 2.35 bits per heavy atom. The Kier molecular flexibility index (Phi) is 6.29. The molecule has 26 heavy (non-hydrogen) atoms. The van der Waals surface area contributed by atoms with Gasteiger partial charge in [-0.05, 0) is 23.6 Å². The Morgan fingerprint density at radius 2 is 1.50 bits per heavy atom. The van der Waals surface area contributed by atoms with E-state index in [1.165, 1.54) is 0 Å². The van der Waals surface area contributed by atoms with Crippen molar-refractivity contribution in [3.05, 3.63) is 72.8 Å². The van der Waals surface area contributed by atoms with E-state index in [0.29, 0.717) is 11.5 Å². The van der Waals surface area contributed by atoms with Gasteiger partial charge in [-0.2, -0.15) is 0 Å². The first kappa shape index (κ1) is 18.5. The molecule has 1 atom stereocenters. The zero-order valence-electron chi connectivity index (χ0n) is 14.3. The Morgan fingerprint density at radius 1 is 0.769 bits per heavy atom. The van der Waals surface area contributed by atoms with E-state index in [0.717, 1.165) is 10.8 Å². The smallest absolute Gasteiger partial charge is 0.331 e. The standard InChI is InChI=1S/C20H21O5P/c21-26(22,25-14-13-23-18-9-2-1-3-10-18)16-15-24-20-12-6-8-17-7-4-5-11-19(17)20/h1-12H,13-16H2,(H,21,22). The largest absolute Gasteiger partial charge is 0.492 e. The second kappa shape index (κ2) is 8.86. The van der Waals surface area contributed by atoms with Crippen LogP contribution < -0.4 is 9.47 Å². The van der Waals surface area contributed by atoms with Crippen LogP contribution in [0.4, 0.5) is 0 Å². The fourth-order valence-corrected chi connectivity index (χ4v) is 3.32. The summed E-state index contributed by atoms with van der Waals surface area (Å²) in [5.41, 5.74) is 0. The molecule has 5 nitrogen and oxygen atoms in total. The Balaban J connectivity index is 1.43. The van der Waals surface area contributed by atoms with Crippen LogP contribution >= 0.6 is 7.60 Å². The maximum absolute atomic E-state index is 12.1. The number of para-hydroxylation sites is 1.